The van der Waals surface area contributed by atoms with Crippen LogP contribution in [0, 0.1) is 0 Å². The molecule has 0 saturated carbocycles. The second-order valence-electron chi connectivity index (χ2n) is 7.23. The molecular formula is C24H20N2O2. The fourth-order valence-electron chi connectivity index (χ4n) is 4.00. The van der Waals surface area contributed by atoms with Crippen molar-refractivity contribution < 1.29 is 9.21 Å². The third-order valence-electron chi connectivity index (χ3n) is 5.42. The summed E-state index contributed by atoms with van der Waals surface area (Å²) >= 11 is 0. The number of nitrogens with zero attached hydrogens (tertiary/aromatic N) is 1. The number of pyridine rings is 1. The van der Waals surface area contributed by atoms with Crippen molar-refractivity contribution in [3.63, 3.8) is 0 Å². The molecule has 0 aliphatic heterocycles. The smallest absolute Gasteiger partial charge is 0.252 e. The number of rotatable bonds is 3. The molecule has 1 aliphatic carbocycles. The number of nitrogens with one attached hydrogen (secondary N) is 1. The Morgan fingerprint density at radius 2 is 1.82 bits per heavy atom. The monoisotopic (exact) mass is 368 g/mol. The van der Waals surface area contributed by atoms with E-state index in [0.717, 1.165) is 30.2 Å². The average molecular weight is 368 g/mol. The highest BCUT2D eigenvalue weighted by Gasteiger charge is 2.22. The van der Waals surface area contributed by atoms with Gasteiger partial charge in [0.05, 0.1) is 17.3 Å². The molecule has 4 heteroatoms. The summed E-state index contributed by atoms with van der Waals surface area (Å²) in [5.41, 5.74) is 4.81. The molecule has 1 aliphatic rings. The number of fused-ring (bicyclic) bond motifs is 2. The molecule has 2 heterocycles. The highest BCUT2D eigenvalue weighted by atomic mass is 16.3. The second kappa shape index (κ2) is 6.97. The Bertz CT molecular complexity index is 1150. The van der Waals surface area contributed by atoms with E-state index in [1.165, 1.54) is 11.1 Å². The van der Waals surface area contributed by atoms with E-state index in [1.54, 1.807) is 6.26 Å². The minimum atomic E-state index is -0.0595. The summed E-state index contributed by atoms with van der Waals surface area (Å²) in [5, 5.41) is 4.10. The van der Waals surface area contributed by atoms with Crippen molar-refractivity contribution in [2.24, 2.45) is 0 Å². The zero-order valence-corrected chi connectivity index (χ0v) is 15.4. The van der Waals surface area contributed by atoms with Gasteiger partial charge >= 0.3 is 0 Å². The summed E-state index contributed by atoms with van der Waals surface area (Å²) in [7, 11) is 0. The lowest BCUT2D eigenvalue weighted by Crippen LogP contribution is -2.39. The highest BCUT2D eigenvalue weighted by molar-refractivity contribution is 6.07. The number of aromatic nitrogens is 1. The van der Waals surface area contributed by atoms with Gasteiger partial charge in [0.1, 0.15) is 5.69 Å². The van der Waals surface area contributed by atoms with Crippen LogP contribution in [0.3, 0.4) is 0 Å². The first-order chi connectivity index (χ1) is 13.8. The van der Waals surface area contributed by atoms with E-state index in [2.05, 4.69) is 34.6 Å². The number of furan rings is 1. The molecule has 0 saturated heterocycles. The van der Waals surface area contributed by atoms with Crippen molar-refractivity contribution in [1.29, 1.82) is 0 Å². The van der Waals surface area contributed by atoms with Crippen LogP contribution in [0.25, 0.3) is 22.4 Å². The predicted molar refractivity (Wildman–Crippen MR) is 109 cm³/mol. The van der Waals surface area contributed by atoms with E-state index in [-0.39, 0.29) is 11.9 Å². The molecule has 0 bridgehead atoms. The molecule has 2 aromatic carbocycles. The normalized spacial score (nSPS) is 15.9. The number of hydrogen-bond acceptors (Lipinski definition) is 3. The van der Waals surface area contributed by atoms with Crippen molar-refractivity contribution in [3.8, 4) is 11.5 Å². The topological polar surface area (TPSA) is 55.1 Å². The first-order valence-electron chi connectivity index (χ1n) is 9.59. The summed E-state index contributed by atoms with van der Waals surface area (Å²) in [6.45, 7) is 0. The molecule has 4 aromatic rings. The Morgan fingerprint density at radius 3 is 2.68 bits per heavy atom. The van der Waals surface area contributed by atoms with Gasteiger partial charge in [-0.25, -0.2) is 4.98 Å². The van der Waals surface area contributed by atoms with Crippen LogP contribution < -0.4 is 5.32 Å². The Balaban J connectivity index is 1.48. The maximum Gasteiger partial charge on any atom is 0.252 e. The first-order valence-corrected chi connectivity index (χ1v) is 9.59. The molecule has 138 valence electrons. The molecule has 1 unspecified atom stereocenters. The van der Waals surface area contributed by atoms with Crippen LogP contribution in [0.4, 0.5) is 0 Å². The van der Waals surface area contributed by atoms with E-state index in [1.807, 2.05) is 42.5 Å². The van der Waals surface area contributed by atoms with E-state index < -0.39 is 0 Å². The van der Waals surface area contributed by atoms with Gasteiger partial charge in [-0.05, 0) is 54.7 Å². The zero-order chi connectivity index (χ0) is 18.9. The van der Waals surface area contributed by atoms with Gasteiger partial charge in [0.2, 0.25) is 0 Å². The molecule has 2 aromatic heterocycles. The Morgan fingerprint density at radius 1 is 1.00 bits per heavy atom. The lowest BCUT2D eigenvalue weighted by atomic mass is 9.88. The summed E-state index contributed by atoms with van der Waals surface area (Å²) < 4.78 is 5.50. The summed E-state index contributed by atoms with van der Waals surface area (Å²) in [6.07, 6.45) is 4.44. The molecule has 0 radical (unpaired) electrons. The van der Waals surface area contributed by atoms with Crippen LogP contribution >= 0.6 is 0 Å². The molecular weight excluding hydrogens is 348 g/mol. The van der Waals surface area contributed by atoms with E-state index in [9.17, 15) is 4.79 Å². The molecule has 0 fully saturated rings. The Hall–Kier alpha value is -3.40. The maximum atomic E-state index is 13.2. The largest absolute Gasteiger partial charge is 0.463 e. The number of carbonyl (C=O) groups excluding carboxylic acids is 1. The van der Waals surface area contributed by atoms with Crippen LogP contribution in [-0.2, 0) is 12.8 Å². The molecule has 1 amide bonds. The summed E-state index contributed by atoms with van der Waals surface area (Å²) in [6, 6.07) is 21.9. The van der Waals surface area contributed by atoms with Crippen molar-refractivity contribution in [2.45, 2.75) is 25.3 Å². The third kappa shape index (κ3) is 3.07. The van der Waals surface area contributed by atoms with Crippen molar-refractivity contribution in [3.05, 3.63) is 89.7 Å². The standard InChI is InChI=1S/C24H20N2O2/c27-24(25-18-12-11-16-6-1-2-7-17(16)14-18)20-15-22(23-10-5-13-28-23)26-21-9-4-3-8-19(20)21/h1-10,13,15,18H,11-12,14H2,(H,25,27). The van der Waals surface area contributed by atoms with Crippen molar-refractivity contribution in [2.75, 3.05) is 0 Å². The van der Waals surface area contributed by atoms with Gasteiger partial charge in [0, 0.05) is 11.4 Å². The summed E-state index contributed by atoms with van der Waals surface area (Å²) in [5.74, 6) is 0.599. The fourth-order valence-corrected chi connectivity index (χ4v) is 4.00. The molecule has 0 spiro atoms. The Labute approximate surface area is 163 Å². The number of carbonyl (C=O) groups is 1. The zero-order valence-electron chi connectivity index (χ0n) is 15.4. The fraction of sp³-hybridized carbons (Fsp3) is 0.167. The van der Waals surface area contributed by atoms with Crippen molar-refractivity contribution >= 4 is 16.8 Å². The van der Waals surface area contributed by atoms with Gasteiger partial charge in [0.15, 0.2) is 5.76 Å². The molecule has 5 rings (SSSR count). The van der Waals surface area contributed by atoms with Crippen LogP contribution in [0.5, 0.6) is 0 Å². The van der Waals surface area contributed by atoms with Crippen LogP contribution in [0.15, 0.2) is 77.4 Å². The summed E-state index contributed by atoms with van der Waals surface area (Å²) in [4.78, 5) is 17.9. The minimum absolute atomic E-state index is 0.0595. The molecule has 1 atom stereocenters. The Kier molecular flexibility index (Phi) is 4.17. The first kappa shape index (κ1) is 16.8. The number of amides is 1. The van der Waals surface area contributed by atoms with Crippen LogP contribution in [0.1, 0.15) is 27.9 Å². The van der Waals surface area contributed by atoms with Gasteiger partial charge in [-0.15, -0.1) is 0 Å². The molecule has 28 heavy (non-hydrogen) atoms. The van der Waals surface area contributed by atoms with Gasteiger partial charge in [-0.3, -0.25) is 4.79 Å². The predicted octanol–water partition coefficient (Wildman–Crippen LogP) is 4.78. The van der Waals surface area contributed by atoms with Crippen molar-refractivity contribution in [1.82, 2.24) is 10.3 Å². The van der Waals surface area contributed by atoms with Crippen LogP contribution in [-0.4, -0.2) is 16.9 Å². The van der Waals surface area contributed by atoms with E-state index in [0.29, 0.717) is 17.0 Å². The lowest BCUT2D eigenvalue weighted by Gasteiger charge is -2.25. The lowest BCUT2D eigenvalue weighted by molar-refractivity contribution is 0.0935. The quantitative estimate of drug-likeness (QED) is 0.566. The van der Waals surface area contributed by atoms with Gasteiger partial charge in [-0.2, -0.15) is 0 Å². The van der Waals surface area contributed by atoms with Gasteiger partial charge < -0.3 is 9.73 Å². The van der Waals surface area contributed by atoms with E-state index in [4.69, 9.17) is 4.42 Å². The number of hydrogen-bond donors (Lipinski definition) is 1. The van der Waals surface area contributed by atoms with Crippen LogP contribution in [0.2, 0.25) is 0 Å². The number of aryl methyl sites for hydroxylation is 1. The number of para-hydroxylation sites is 1. The highest BCUT2D eigenvalue weighted by Crippen LogP contribution is 2.26. The average Bonchev–Trinajstić information content (AvgIpc) is 3.28. The van der Waals surface area contributed by atoms with Gasteiger partial charge in [-0.1, -0.05) is 42.5 Å². The maximum absolute atomic E-state index is 13.2. The SMILES string of the molecule is O=C(NC1CCc2ccccc2C1)c1cc(-c2ccco2)nc2ccccc12. The second-order valence-corrected chi connectivity index (χ2v) is 7.23. The minimum Gasteiger partial charge on any atom is -0.463 e. The van der Waals surface area contributed by atoms with Gasteiger partial charge in [0.25, 0.3) is 5.91 Å². The molecule has 1 N–H and O–H groups in total. The van der Waals surface area contributed by atoms with E-state index >= 15 is 0 Å². The number of benzene rings is 2. The third-order valence-corrected chi connectivity index (χ3v) is 5.42. The molecule has 4 nitrogen and oxygen atoms in total.